The second kappa shape index (κ2) is 2.50. The molecule has 1 N–H and O–H groups in total. The van der Waals surface area contributed by atoms with Crippen LogP contribution in [0.2, 0.25) is 0 Å². The van der Waals surface area contributed by atoms with Gasteiger partial charge >= 0.3 is 0 Å². The summed E-state index contributed by atoms with van der Waals surface area (Å²) in [5.74, 6) is 0. The van der Waals surface area contributed by atoms with Gasteiger partial charge in [0.1, 0.15) is 6.17 Å². The Labute approximate surface area is 61.2 Å². The molecule has 1 aliphatic carbocycles. The second-order valence-corrected chi connectivity index (χ2v) is 3.84. The van der Waals surface area contributed by atoms with Crippen LogP contribution in [0.25, 0.3) is 0 Å². The number of aliphatic hydroxyl groups is 1. The Bertz CT molecular complexity index is 122. The maximum absolute atomic E-state index is 12.8. The van der Waals surface area contributed by atoms with Gasteiger partial charge in [-0.05, 0) is 24.7 Å². The molecule has 60 valence electrons. The van der Waals surface area contributed by atoms with Gasteiger partial charge in [0.05, 0.1) is 6.10 Å². The predicted molar refractivity (Wildman–Crippen MR) is 38.5 cm³/mol. The zero-order chi connectivity index (χ0) is 7.78. The van der Waals surface area contributed by atoms with E-state index in [1.54, 1.807) is 0 Å². The summed E-state index contributed by atoms with van der Waals surface area (Å²) in [6, 6.07) is 0. The molecule has 2 atom stereocenters. The number of aliphatic hydroxyl groups excluding tert-OH is 1. The normalized spacial score (nSPS) is 39.6. The molecule has 0 saturated heterocycles. The highest BCUT2D eigenvalue weighted by molar-refractivity contribution is 4.87. The van der Waals surface area contributed by atoms with Crippen molar-refractivity contribution in [1.29, 1.82) is 0 Å². The van der Waals surface area contributed by atoms with E-state index in [1.807, 2.05) is 13.8 Å². The minimum Gasteiger partial charge on any atom is -0.390 e. The topological polar surface area (TPSA) is 20.2 Å². The molecule has 0 radical (unpaired) electrons. The van der Waals surface area contributed by atoms with Gasteiger partial charge < -0.3 is 5.11 Å². The first-order chi connectivity index (χ1) is 4.54. The van der Waals surface area contributed by atoms with E-state index in [0.29, 0.717) is 6.42 Å². The summed E-state index contributed by atoms with van der Waals surface area (Å²) in [6.45, 7) is 3.84. The zero-order valence-electron chi connectivity index (χ0n) is 6.60. The summed E-state index contributed by atoms with van der Waals surface area (Å²) in [5, 5.41) is 9.33. The molecule has 0 bridgehead atoms. The molecule has 0 unspecified atom stereocenters. The first kappa shape index (κ1) is 7.99. The lowest BCUT2D eigenvalue weighted by molar-refractivity contribution is -0.0454. The monoisotopic (exact) mass is 146 g/mol. The van der Waals surface area contributed by atoms with E-state index in [-0.39, 0.29) is 5.41 Å². The standard InChI is InChI=1S/C8H15FO/c1-8(2)5-3-4-6(9)7(8)10/h6-7,10H,3-5H2,1-2H3/t6-,7-/m0/s1. The quantitative estimate of drug-likeness (QED) is 0.553. The van der Waals surface area contributed by atoms with Gasteiger partial charge in [0.15, 0.2) is 0 Å². The van der Waals surface area contributed by atoms with Crippen LogP contribution in [0.1, 0.15) is 33.1 Å². The van der Waals surface area contributed by atoms with Gasteiger partial charge in [0, 0.05) is 0 Å². The van der Waals surface area contributed by atoms with Crippen LogP contribution >= 0.6 is 0 Å². The molecule has 0 spiro atoms. The summed E-state index contributed by atoms with van der Waals surface area (Å²) < 4.78 is 12.8. The molecular weight excluding hydrogens is 131 g/mol. The average molecular weight is 146 g/mol. The van der Waals surface area contributed by atoms with E-state index < -0.39 is 12.3 Å². The van der Waals surface area contributed by atoms with E-state index in [2.05, 4.69) is 0 Å². The van der Waals surface area contributed by atoms with Crippen LogP contribution < -0.4 is 0 Å². The maximum atomic E-state index is 12.8. The molecule has 10 heavy (non-hydrogen) atoms. The Balaban J connectivity index is 2.60. The van der Waals surface area contributed by atoms with E-state index in [1.165, 1.54) is 0 Å². The number of rotatable bonds is 0. The van der Waals surface area contributed by atoms with Crippen molar-refractivity contribution in [3.8, 4) is 0 Å². The molecule has 0 amide bonds. The first-order valence-electron chi connectivity index (χ1n) is 3.86. The Hall–Kier alpha value is -0.110. The van der Waals surface area contributed by atoms with Crippen LogP contribution in [-0.2, 0) is 0 Å². The van der Waals surface area contributed by atoms with Gasteiger partial charge in [-0.15, -0.1) is 0 Å². The third-order valence-corrected chi connectivity index (χ3v) is 2.44. The molecule has 1 nitrogen and oxygen atoms in total. The lowest BCUT2D eigenvalue weighted by Gasteiger charge is -2.37. The Morgan fingerprint density at radius 3 is 2.50 bits per heavy atom. The summed E-state index contributed by atoms with van der Waals surface area (Å²) >= 11 is 0. The smallest absolute Gasteiger partial charge is 0.126 e. The van der Waals surface area contributed by atoms with Crippen molar-refractivity contribution in [2.24, 2.45) is 5.41 Å². The summed E-state index contributed by atoms with van der Waals surface area (Å²) in [5.41, 5.74) is -0.211. The fraction of sp³-hybridized carbons (Fsp3) is 1.00. The molecule has 0 heterocycles. The number of alkyl halides is 1. The highest BCUT2D eigenvalue weighted by atomic mass is 19.1. The van der Waals surface area contributed by atoms with Crippen molar-refractivity contribution in [2.75, 3.05) is 0 Å². The number of hydrogen-bond acceptors (Lipinski definition) is 1. The largest absolute Gasteiger partial charge is 0.390 e. The minimum atomic E-state index is -0.997. The van der Waals surface area contributed by atoms with Crippen LogP contribution in [0.3, 0.4) is 0 Å². The van der Waals surface area contributed by atoms with Crippen LogP contribution in [0, 0.1) is 5.41 Å². The fourth-order valence-electron chi connectivity index (χ4n) is 1.55. The van der Waals surface area contributed by atoms with Crippen molar-refractivity contribution in [3.05, 3.63) is 0 Å². The number of hydrogen-bond donors (Lipinski definition) is 1. The van der Waals surface area contributed by atoms with Crippen molar-refractivity contribution in [3.63, 3.8) is 0 Å². The van der Waals surface area contributed by atoms with Crippen LogP contribution in [0.4, 0.5) is 4.39 Å². The SMILES string of the molecule is CC1(C)CCC[C@H](F)[C@@H]1O. The fourth-order valence-corrected chi connectivity index (χ4v) is 1.55. The van der Waals surface area contributed by atoms with Gasteiger partial charge in [-0.3, -0.25) is 0 Å². The Kier molecular flexibility index (Phi) is 1.99. The van der Waals surface area contributed by atoms with Crippen molar-refractivity contribution in [2.45, 2.75) is 45.4 Å². The van der Waals surface area contributed by atoms with Gasteiger partial charge in [0.2, 0.25) is 0 Å². The summed E-state index contributed by atoms with van der Waals surface area (Å²) in [4.78, 5) is 0. The molecular formula is C8H15FO. The maximum Gasteiger partial charge on any atom is 0.126 e. The Morgan fingerprint density at radius 2 is 2.10 bits per heavy atom. The molecule has 1 fully saturated rings. The third kappa shape index (κ3) is 1.31. The summed E-state index contributed by atoms with van der Waals surface area (Å²) in [6.07, 6.45) is 0.634. The molecule has 0 aromatic rings. The first-order valence-corrected chi connectivity index (χ1v) is 3.86. The van der Waals surface area contributed by atoms with E-state index in [9.17, 15) is 9.50 Å². The van der Waals surface area contributed by atoms with Gasteiger partial charge in [-0.25, -0.2) is 4.39 Å². The molecule has 1 aliphatic rings. The molecule has 2 heteroatoms. The van der Waals surface area contributed by atoms with Gasteiger partial charge in [-0.1, -0.05) is 13.8 Å². The van der Waals surface area contributed by atoms with Crippen molar-refractivity contribution in [1.82, 2.24) is 0 Å². The zero-order valence-corrected chi connectivity index (χ0v) is 6.60. The van der Waals surface area contributed by atoms with E-state index in [0.717, 1.165) is 12.8 Å². The Morgan fingerprint density at radius 1 is 1.50 bits per heavy atom. The van der Waals surface area contributed by atoms with E-state index in [4.69, 9.17) is 0 Å². The second-order valence-electron chi connectivity index (χ2n) is 3.84. The predicted octanol–water partition coefficient (Wildman–Crippen LogP) is 1.90. The van der Waals surface area contributed by atoms with Crippen molar-refractivity contribution >= 4 is 0 Å². The van der Waals surface area contributed by atoms with Gasteiger partial charge in [0.25, 0.3) is 0 Å². The molecule has 0 aromatic carbocycles. The van der Waals surface area contributed by atoms with Crippen molar-refractivity contribution < 1.29 is 9.50 Å². The van der Waals surface area contributed by atoms with Gasteiger partial charge in [-0.2, -0.15) is 0 Å². The molecule has 0 aromatic heterocycles. The lowest BCUT2D eigenvalue weighted by atomic mass is 9.74. The molecule has 0 aliphatic heterocycles. The molecule has 1 saturated carbocycles. The van der Waals surface area contributed by atoms with E-state index >= 15 is 0 Å². The third-order valence-electron chi connectivity index (χ3n) is 2.44. The summed E-state index contributed by atoms with van der Waals surface area (Å²) in [7, 11) is 0. The van der Waals surface area contributed by atoms with Crippen LogP contribution in [-0.4, -0.2) is 17.4 Å². The van der Waals surface area contributed by atoms with Crippen LogP contribution in [0.15, 0.2) is 0 Å². The highest BCUT2D eigenvalue weighted by Crippen LogP contribution is 2.36. The molecule has 1 rings (SSSR count). The lowest BCUT2D eigenvalue weighted by Crippen LogP contribution is -2.40. The van der Waals surface area contributed by atoms with Crippen LogP contribution in [0.5, 0.6) is 0 Å². The minimum absolute atomic E-state index is 0.211. The number of halogens is 1. The average Bonchev–Trinajstić information content (AvgIpc) is 1.83. The highest BCUT2D eigenvalue weighted by Gasteiger charge is 2.37.